The van der Waals surface area contributed by atoms with Gasteiger partial charge in [0, 0.05) is 33.3 Å². The number of nitrogens with zero attached hydrogens (tertiary/aromatic N) is 2. The third kappa shape index (κ3) is 7.52. The number of hydrogen-bond acceptors (Lipinski definition) is 3. The molecule has 1 aromatic rings. The summed E-state index contributed by atoms with van der Waals surface area (Å²) in [6.07, 6.45) is 7.70. The minimum absolute atomic E-state index is 0. The van der Waals surface area contributed by atoms with Gasteiger partial charge < -0.3 is 15.4 Å². The van der Waals surface area contributed by atoms with Gasteiger partial charge in [-0.3, -0.25) is 9.89 Å². The molecule has 0 saturated carbocycles. The van der Waals surface area contributed by atoms with Crippen LogP contribution in [0.4, 0.5) is 0 Å². The number of aliphatic imine (C=N–C) groups is 1. The van der Waals surface area contributed by atoms with Crippen LogP contribution in [0.5, 0.6) is 0 Å². The molecule has 2 fully saturated rings. The Morgan fingerprint density at radius 1 is 1.11 bits per heavy atom. The standard InChI is InChI=1S/C22H36N4O.HI/c1-22(11-8-14-27-22)18-25-21(23-2)24-16-19-9-7-10-20(15-19)17-26-12-5-3-4-6-13-26;/h7,9-10,15H,3-6,8,11-14,16-18H2,1-2H3,(H2,23,24,25);1H. The predicted octanol–water partition coefficient (Wildman–Crippen LogP) is 3.91. The van der Waals surface area contributed by atoms with Gasteiger partial charge in [-0.25, -0.2) is 0 Å². The summed E-state index contributed by atoms with van der Waals surface area (Å²) in [7, 11) is 1.82. The first-order valence-corrected chi connectivity index (χ1v) is 10.6. The van der Waals surface area contributed by atoms with Gasteiger partial charge in [0.05, 0.1) is 5.60 Å². The minimum Gasteiger partial charge on any atom is -0.373 e. The summed E-state index contributed by atoms with van der Waals surface area (Å²) in [6.45, 7) is 8.16. The van der Waals surface area contributed by atoms with Gasteiger partial charge in [0.2, 0.25) is 0 Å². The van der Waals surface area contributed by atoms with Crippen LogP contribution in [0.25, 0.3) is 0 Å². The second-order valence-corrected chi connectivity index (χ2v) is 8.19. The van der Waals surface area contributed by atoms with Gasteiger partial charge in [-0.1, -0.05) is 37.1 Å². The minimum atomic E-state index is -0.0648. The lowest BCUT2D eigenvalue weighted by Gasteiger charge is -2.24. The fourth-order valence-electron chi connectivity index (χ4n) is 4.04. The van der Waals surface area contributed by atoms with E-state index in [4.69, 9.17) is 4.74 Å². The molecule has 158 valence electrons. The Morgan fingerprint density at radius 3 is 2.54 bits per heavy atom. The molecule has 0 amide bonds. The first-order chi connectivity index (χ1) is 13.2. The monoisotopic (exact) mass is 500 g/mol. The van der Waals surface area contributed by atoms with Gasteiger partial charge >= 0.3 is 0 Å². The fraction of sp³-hybridized carbons (Fsp3) is 0.682. The van der Waals surface area contributed by atoms with Gasteiger partial charge in [-0.05, 0) is 56.8 Å². The summed E-state index contributed by atoms with van der Waals surface area (Å²) in [5.41, 5.74) is 2.64. The molecule has 2 aliphatic rings. The number of halogens is 1. The molecule has 0 aliphatic carbocycles. The molecule has 3 rings (SSSR count). The van der Waals surface area contributed by atoms with Crippen molar-refractivity contribution >= 4 is 29.9 Å². The summed E-state index contributed by atoms with van der Waals surface area (Å²) >= 11 is 0. The number of likely N-dealkylation sites (tertiary alicyclic amines) is 1. The maximum Gasteiger partial charge on any atom is 0.191 e. The smallest absolute Gasteiger partial charge is 0.191 e. The Bertz CT molecular complexity index is 608. The summed E-state index contributed by atoms with van der Waals surface area (Å²) in [5.74, 6) is 0.838. The van der Waals surface area contributed by atoms with E-state index in [-0.39, 0.29) is 29.6 Å². The quantitative estimate of drug-likeness (QED) is 0.353. The van der Waals surface area contributed by atoms with Crippen LogP contribution >= 0.6 is 24.0 Å². The highest BCUT2D eigenvalue weighted by molar-refractivity contribution is 14.0. The molecule has 0 bridgehead atoms. The van der Waals surface area contributed by atoms with Crippen LogP contribution in [-0.2, 0) is 17.8 Å². The average molecular weight is 500 g/mol. The van der Waals surface area contributed by atoms with Crippen LogP contribution in [0.15, 0.2) is 29.3 Å². The Labute approximate surface area is 187 Å². The highest BCUT2D eigenvalue weighted by Gasteiger charge is 2.29. The van der Waals surface area contributed by atoms with Gasteiger partial charge in [0.25, 0.3) is 0 Å². The summed E-state index contributed by atoms with van der Waals surface area (Å²) in [4.78, 5) is 6.95. The second kappa shape index (κ2) is 12.0. The lowest BCUT2D eigenvalue weighted by molar-refractivity contribution is 0.0243. The molecule has 2 saturated heterocycles. The Balaban J connectivity index is 0.00000280. The van der Waals surface area contributed by atoms with E-state index < -0.39 is 0 Å². The Morgan fingerprint density at radius 2 is 1.86 bits per heavy atom. The third-order valence-electron chi connectivity index (χ3n) is 5.71. The second-order valence-electron chi connectivity index (χ2n) is 8.19. The molecule has 0 aromatic heterocycles. The zero-order valence-electron chi connectivity index (χ0n) is 17.5. The normalized spacial score (nSPS) is 23.7. The van der Waals surface area contributed by atoms with Crippen molar-refractivity contribution in [1.29, 1.82) is 0 Å². The van der Waals surface area contributed by atoms with E-state index in [9.17, 15) is 0 Å². The first kappa shape index (κ1) is 23.4. The molecular formula is C22H37IN4O. The van der Waals surface area contributed by atoms with Gasteiger partial charge in [0.1, 0.15) is 0 Å². The molecule has 6 heteroatoms. The number of nitrogens with one attached hydrogen (secondary N) is 2. The third-order valence-corrected chi connectivity index (χ3v) is 5.71. The highest BCUT2D eigenvalue weighted by Crippen LogP contribution is 2.23. The van der Waals surface area contributed by atoms with E-state index in [2.05, 4.69) is 51.7 Å². The van der Waals surface area contributed by atoms with E-state index in [0.29, 0.717) is 0 Å². The van der Waals surface area contributed by atoms with Crippen molar-refractivity contribution in [2.24, 2.45) is 4.99 Å². The molecule has 1 aromatic carbocycles. The molecule has 2 N–H and O–H groups in total. The lowest BCUT2D eigenvalue weighted by Crippen LogP contribution is -2.45. The molecule has 5 nitrogen and oxygen atoms in total. The van der Waals surface area contributed by atoms with Crippen molar-refractivity contribution in [2.45, 2.75) is 64.1 Å². The summed E-state index contributed by atoms with van der Waals surface area (Å²) in [5, 5.41) is 6.85. The zero-order valence-corrected chi connectivity index (χ0v) is 19.8. The van der Waals surface area contributed by atoms with Crippen molar-refractivity contribution in [3.63, 3.8) is 0 Å². The van der Waals surface area contributed by atoms with Crippen LogP contribution in [0.1, 0.15) is 56.6 Å². The van der Waals surface area contributed by atoms with Crippen LogP contribution in [0.3, 0.4) is 0 Å². The van der Waals surface area contributed by atoms with E-state index in [0.717, 1.165) is 45.0 Å². The number of hydrogen-bond donors (Lipinski definition) is 2. The largest absolute Gasteiger partial charge is 0.373 e. The van der Waals surface area contributed by atoms with Crippen LogP contribution < -0.4 is 10.6 Å². The van der Waals surface area contributed by atoms with Crippen molar-refractivity contribution in [1.82, 2.24) is 15.5 Å². The van der Waals surface area contributed by atoms with Gasteiger partial charge in [-0.15, -0.1) is 24.0 Å². The van der Waals surface area contributed by atoms with Crippen molar-refractivity contribution in [3.05, 3.63) is 35.4 Å². The van der Waals surface area contributed by atoms with E-state index >= 15 is 0 Å². The van der Waals surface area contributed by atoms with Crippen LogP contribution in [0.2, 0.25) is 0 Å². The first-order valence-electron chi connectivity index (χ1n) is 10.6. The Kier molecular flexibility index (Phi) is 10.0. The SMILES string of the molecule is CN=C(NCc1cccc(CN2CCCCCC2)c1)NCC1(C)CCCO1.I. The predicted molar refractivity (Wildman–Crippen MR) is 127 cm³/mol. The number of benzene rings is 1. The highest BCUT2D eigenvalue weighted by atomic mass is 127. The topological polar surface area (TPSA) is 48.9 Å². The number of ether oxygens (including phenoxy) is 1. The van der Waals surface area contributed by atoms with E-state index in [1.165, 1.54) is 49.9 Å². The molecule has 2 heterocycles. The van der Waals surface area contributed by atoms with Crippen molar-refractivity contribution in [2.75, 3.05) is 33.3 Å². The molecule has 28 heavy (non-hydrogen) atoms. The molecule has 1 atom stereocenters. The van der Waals surface area contributed by atoms with Gasteiger partial charge in [0.15, 0.2) is 5.96 Å². The maximum absolute atomic E-state index is 5.84. The van der Waals surface area contributed by atoms with Crippen molar-refractivity contribution in [3.8, 4) is 0 Å². The van der Waals surface area contributed by atoms with Crippen LogP contribution in [-0.4, -0.2) is 49.7 Å². The number of guanidine groups is 1. The zero-order chi connectivity index (χ0) is 19.0. The summed E-state index contributed by atoms with van der Waals surface area (Å²) < 4.78 is 5.84. The lowest BCUT2D eigenvalue weighted by atomic mass is 10.0. The average Bonchev–Trinajstić information content (AvgIpc) is 2.95. The summed E-state index contributed by atoms with van der Waals surface area (Å²) in [6, 6.07) is 8.94. The maximum atomic E-state index is 5.84. The molecular weight excluding hydrogens is 463 g/mol. The van der Waals surface area contributed by atoms with Gasteiger partial charge in [-0.2, -0.15) is 0 Å². The molecule has 0 radical (unpaired) electrons. The molecule has 2 aliphatic heterocycles. The van der Waals surface area contributed by atoms with E-state index in [1.807, 2.05) is 7.05 Å². The molecule has 0 spiro atoms. The molecule has 1 unspecified atom stereocenters. The van der Waals surface area contributed by atoms with Crippen LogP contribution in [0, 0.1) is 0 Å². The number of rotatable bonds is 6. The Hall–Kier alpha value is -0.860. The fourth-order valence-corrected chi connectivity index (χ4v) is 4.04. The van der Waals surface area contributed by atoms with E-state index in [1.54, 1.807) is 0 Å². The van der Waals surface area contributed by atoms with Crippen molar-refractivity contribution < 1.29 is 4.74 Å².